The van der Waals surface area contributed by atoms with Gasteiger partial charge in [0.05, 0.1) is 12.5 Å². The van der Waals surface area contributed by atoms with Gasteiger partial charge in [0.25, 0.3) is 0 Å². The van der Waals surface area contributed by atoms with Crippen molar-refractivity contribution in [2.24, 2.45) is 5.92 Å². The van der Waals surface area contributed by atoms with Crippen LogP contribution in [-0.4, -0.2) is 34.6 Å². The van der Waals surface area contributed by atoms with Crippen LogP contribution in [0.2, 0.25) is 0 Å². The van der Waals surface area contributed by atoms with Gasteiger partial charge in [-0.1, -0.05) is 6.07 Å². The van der Waals surface area contributed by atoms with Crippen LogP contribution in [0.5, 0.6) is 0 Å². The number of hydrogen-bond donors (Lipinski definition) is 2. The molecule has 1 aliphatic carbocycles. The topological polar surface area (TPSA) is 69.6 Å². The Bertz CT molecular complexity index is 461. The van der Waals surface area contributed by atoms with Crippen molar-refractivity contribution < 1.29 is 14.7 Å². The third-order valence-electron chi connectivity index (χ3n) is 3.71. The van der Waals surface area contributed by atoms with Crippen molar-refractivity contribution in [1.82, 2.24) is 10.2 Å². The Balaban J connectivity index is 1.85. The van der Waals surface area contributed by atoms with E-state index in [0.717, 1.165) is 11.3 Å². The fourth-order valence-corrected chi connectivity index (χ4v) is 3.24. The first-order valence-electron chi connectivity index (χ1n) is 6.90. The summed E-state index contributed by atoms with van der Waals surface area (Å²) in [6.45, 7) is 3.19. The Morgan fingerprint density at radius 3 is 2.85 bits per heavy atom. The van der Waals surface area contributed by atoms with Gasteiger partial charge in [-0.3, -0.25) is 4.79 Å². The van der Waals surface area contributed by atoms with Crippen LogP contribution in [-0.2, 0) is 11.3 Å². The number of amides is 2. The quantitative estimate of drug-likeness (QED) is 0.877. The summed E-state index contributed by atoms with van der Waals surface area (Å²) in [6, 6.07) is 3.87. The highest BCUT2D eigenvalue weighted by molar-refractivity contribution is 7.09. The van der Waals surface area contributed by atoms with Gasteiger partial charge in [0.2, 0.25) is 0 Å². The number of rotatable bonds is 5. The third-order valence-corrected chi connectivity index (χ3v) is 4.57. The zero-order chi connectivity index (χ0) is 14.5. The number of carboxylic acids is 1. The molecule has 0 aromatic carbocycles. The van der Waals surface area contributed by atoms with Gasteiger partial charge in [-0.05, 0) is 37.6 Å². The molecule has 110 valence electrons. The van der Waals surface area contributed by atoms with Crippen LogP contribution < -0.4 is 5.32 Å². The van der Waals surface area contributed by atoms with E-state index in [2.05, 4.69) is 5.32 Å². The highest BCUT2D eigenvalue weighted by Crippen LogP contribution is 2.25. The maximum Gasteiger partial charge on any atom is 0.317 e. The lowest BCUT2D eigenvalue weighted by atomic mass is 10.1. The van der Waals surface area contributed by atoms with Crippen LogP contribution in [0.25, 0.3) is 0 Å². The van der Waals surface area contributed by atoms with E-state index in [1.54, 1.807) is 16.2 Å². The van der Waals surface area contributed by atoms with E-state index in [0.29, 0.717) is 25.9 Å². The molecule has 0 aliphatic heterocycles. The summed E-state index contributed by atoms with van der Waals surface area (Å²) in [5.74, 6) is -1.07. The van der Waals surface area contributed by atoms with Crippen molar-refractivity contribution >= 4 is 23.3 Å². The van der Waals surface area contributed by atoms with Crippen molar-refractivity contribution in [1.29, 1.82) is 0 Å². The lowest BCUT2D eigenvalue weighted by Crippen LogP contribution is -2.43. The van der Waals surface area contributed by atoms with Crippen LogP contribution in [0.15, 0.2) is 17.5 Å². The Morgan fingerprint density at radius 2 is 2.30 bits per heavy atom. The first kappa shape index (κ1) is 14.8. The lowest BCUT2D eigenvalue weighted by molar-refractivity contribution is -0.141. The number of carbonyl (C=O) groups is 2. The monoisotopic (exact) mass is 296 g/mol. The molecule has 5 nitrogen and oxygen atoms in total. The van der Waals surface area contributed by atoms with E-state index in [4.69, 9.17) is 5.11 Å². The van der Waals surface area contributed by atoms with E-state index < -0.39 is 5.97 Å². The molecule has 0 saturated heterocycles. The number of hydrogen-bond acceptors (Lipinski definition) is 3. The molecule has 2 rings (SSSR count). The molecule has 2 unspecified atom stereocenters. The summed E-state index contributed by atoms with van der Waals surface area (Å²) in [4.78, 5) is 26.0. The van der Waals surface area contributed by atoms with Gasteiger partial charge in [-0.2, -0.15) is 0 Å². The lowest BCUT2D eigenvalue weighted by Gasteiger charge is -2.23. The fraction of sp³-hybridized carbons (Fsp3) is 0.571. The maximum absolute atomic E-state index is 12.2. The van der Waals surface area contributed by atoms with Gasteiger partial charge < -0.3 is 15.3 Å². The second kappa shape index (κ2) is 6.74. The molecule has 1 heterocycles. The molecule has 1 aliphatic rings. The molecule has 0 spiro atoms. The minimum Gasteiger partial charge on any atom is -0.481 e. The van der Waals surface area contributed by atoms with Gasteiger partial charge in [-0.25, -0.2) is 4.79 Å². The van der Waals surface area contributed by atoms with Gasteiger partial charge in [0.15, 0.2) is 0 Å². The number of carboxylic acid groups (broad SMARTS) is 1. The molecule has 20 heavy (non-hydrogen) atoms. The SMILES string of the molecule is CCN(Cc1cccs1)C(=O)NC1CCC(C(=O)O)C1. The highest BCUT2D eigenvalue weighted by atomic mass is 32.1. The molecule has 2 amide bonds. The fourth-order valence-electron chi connectivity index (χ4n) is 2.52. The normalized spacial score (nSPS) is 21.6. The Hall–Kier alpha value is -1.56. The predicted molar refractivity (Wildman–Crippen MR) is 77.7 cm³/mol. The first-order valence-corrected chi connectivity index (χ1v) is 7.78. The van der Waals surface area contributed by atoms with Crippen LogP contribution in [0.3, 0.4) is 0 Å². The third kappa shape index (κ3) is 3.72. The van der Waals surface area contributed by atoms with Gasteiger partial charge in [0.1, 0.15) is 0 Å². The van der Waals surface area contributed by atoms with Gasteiger partial charge >= 0.3 is 12.0 Å². The van der Waals surface area contributed by atoms with E-state index in [-0.39, 0.29) is 18.0 Å². The molecule has 1 fully saturated rings. The number of thiophene rings is 1. The zero-order valence-electron chi connectivity index (χ0n) is 11.5. The molecular formula is C14H20N2O3S. The molecule has 0 bridgehead atoms. The smallest absolute Gasteiger partial charge is 0.317 e. The second-order valence-electron chi connectivity index (χ2n) is 5.09. The second-order valence-corrected chi connectivity index (χ2v) is 6.12. The summed E-state index contributed by atoms with van der Waals surface area (Å²) < 4.78 is 0. The van der Waals surface area contributed by atoms with Crippen molar-refractivity contribution in [2.75, 3.05) is 6.54 Å². The zero-order valence-corrected chi connectivity index (χ0v) is 12.4. The summed E-state index contributed by atoms with van der Waals surface area (Å²) in [5.41, 5.74) is 0. The van der Waals surface area contributed by atoms with Crippen molar-refractivity contribution in [2.45, 2.75) is 38.8 Å². The minimum absolute atomic E-state index is 0.0130. The van der Waals surface area contributed by atoms with E-state index in [9.17, 15) is 9.59 Å². The Morgan fingerprint density at radius 1 is 1.50 bits per heavy atom. The first-order chi connectivity index (χ1) is 9.60. The maximum atomic E-state index is 12.2. The molecule has 1 saturated carbocycles. The molecular weight excluding hydrogens is 276 g/mol. The highest BCUT2D eigenvalue weighted by Gasteiger charge is 2.31. The minimum atomic E-state index is -0.757. The van der Waals surface area contributed by atoms with E-state index in [1.807, 2.05) is 24.4 Å². The number of nitrogens with one attached hydrogen (secondary N) is 1. The van der Waals surface area contributed by atoms with E-state index >= 15 is 0 Å². The van der Waals surface area contributed by atoms with Crippen LogP contribution >= 0.6 is 11.3 Å². The molecule has 2 N–H and O–H groups in total. The number of aliphatic carboxylic acids is 1. The number of carbonyl (C=O) groups excluding carboxylic acids is 1. The molecule has 0 radical (unpaired) electrons. The average molecular weight is 296 g/mol. The molecule has 6 heteroatoms. The van der Waals surface area contributed by atoms with Gasteiger partial charge in [-0.15, -0.1) is 11.3 Å². The summed E-state index contributed by atoms with van der Waals surface area (Å²) in [7, 11) is 0. The largest absolute Gasteiger partial charge is 0.481 e. The van der Waals surface area contributed by atoms with Crippen LogP contribution in [0.4, 0.5) is 4.79 Å². The van der Waals surface area contributed by atoms with Crippen LogP contribution in [0, 0.1) is 5.92 Å². The Labute approximate surface area is 122 Å². The van der Waals surface area contributed by atoms with Crippen molar-refractivity contribution in [3.05, 3.63) is 22.4 Å². The Kier molecular flexibility index (Phi) is 5.00. The van der Waals surface area contributed by atoms with Crippen molar-refractivity contribution in [3.63, 3.8) is 0 Å². The van der Waals surface area contributed by atoms with Gasteiger partial charge in [0, 0.05) is 17.5 Å². The summed E-state index contributed by atoms with van der Waals surface area (Å²) >= 11 is 1.63. The molecule has 1 aromatic heterocycles. The molecule has 2 atom stereocenters. The van der Waals surface area contributed by atoms with Crippen molar-refractivity contribution in [3.8, 4) is 0 Å². The average Bonchev–Trinajstić information content (AvgIpc) is 3.06. The summed E-state index contributed by atoms with van der Waals surface area (Å²) in [6.07, 6.45) is 1.94. The van der Waals surface area contributed by atoms with E-state index in [1.165, 1.54) is 0 Å². The number of urea groups is 1. The predicted octanol–water partition coefficient (Wildman–Crippen LogP) is 2.53. The molecule has 1 aromatic rings. The summed E-state index contributed by atoms with van der Waals surface area (Å²) in [5, 5.41) is 13.9. The van der Waals surface area contributed by atoms with Crippen LogP contribution in [0.1, 0.15) is 31.1 Å². The standard InChI is InChI=1S/C14H20N2O3S/c1-2-16(9-12-4-3-7-20-12)14(19)15-11-6-5-10(8-11)13(17)18/h3-4,7,10-11H,2,5-6,8-9H2,1H3,(H,15,19)(H,17,18). The number of nitrogens with zero attached hydrogens (tertiary/aromatic N) is 1.